The van der Waals surface area contributed by atoms with Crippen LogP contribution in [0.25, 0.3) is 0 Å². The first-order valence-electron chi connectivity index (χ1n) is 5.54. The second kappa shape index (κ2) is 5.27. The zero-order chi connectivity index (χ0) is 13.8. The van der Waals surface area contributed by atoms with Crippen LogP contribution >= 0.6 is 0 Å². The van der Waals surface area contributed by atoms with Gasteiger partial charge in [-0.05, 0) is 30.3 Å². The van der Waals surface area contributed by atoms with Gasteiger partial charge in [-0.2, -0.15) is 5.26 Å². The highest BCUT2D eigenvalue weighted by molar-refractivity contribution is 5.74. The van der Waals surface area contributed by atoms with E-state index in [0.717, 1.165) is 0 Å². The van der Waals surface area contributed by atoms with E-state index in [2.05, 4.69) is 5.32 Å². The van der Waals surface area contributed by atoms with Crippen LogP contribution in [0.2, 0.25) is 0 Å². The minimum Gasteiger partial charge on any atom is -0.497 e. The van der Waals surface area contributed by atoms with E-state index in [1.165, 1.54) is 31.4 Å². The number of hydrogen-bond donors (Lipinski definition) is 2. The summed E-state index contributed by atoms with van der Waals surface area (Å²) in [6, 6.07) is 11.1. The molecule has 2 aromatic carbocycles. The number of nitrogen functional groups attached to an aromatic ring is 1. The Morgan fingerprint density at radius 1 is 1.21 bits per heavy atom. The molecule has 2 aromatic rings. The van der Waals surface area contributed by atoms with E-state index in [1.807, 2.05) is 6.07 Å². The number of hydrogen-bond acceptors (Lipinski definition) is 4. The second-order valence-corrected chi connectivity index (χ2v) is 3.88. The first kappa shape index (κ1) is 12.7. The first-order valence-corrected chi connectivity index (χ1v) is 5.54. The van der Waals surface area contributed by atoms with Crippen molar-refractivity contribution in [2.75, 3.05) is 18.2 Å². The van der Waals surface area contributed by atoms with Crippen molar-refractivity contribution in [2.45, 2.75) is 0 Å². The van der Waals surface area contributed by atoms with Crippen molar-refractivity contribution in [3.63, 3.8) is 0 Å². The Labute approximate surface area is 110 Å². The lowest BCUT2D eigenvalue weighted by atomic mass is 10.2. The predicted molar refractivity (Wildman–Crippen MR) is 71.8 cm³/mol. The molecule has 0 spiro atoms. The molecule has 0 aromatic heterocycles. The van der Waals surface area contributed by atoms with Gasteiger partial charge < -0.3 is 15.8 Å². The van der Waals surface area contributed by atoms with Crippen LogP contribution in [0.1, 0.15) is 5.56 Å². The number of nitrogens with one attached hydrogen (secondary N) is 1. The molecule has 0 radical (unpaired) electrons. The third-order valence-corrected chi connectivity index (χ3v) is 2.62. The number of anilines is 3. The van der Waals surface area contributed by atoms with Gasteiger partial charge in [-0.3, -0.25) is 0 Å². The number of methoxy groups -OCH3 is 1. The molecule has 0 bridgehead atoms. The van der Waals surface area contributed by atoms with Crippen molar-refractivity contribution in [1.29, 1.82) is 5.26 Å². The van der Waals surface area contributed by atoms with Crippen molar-refractivity contribution in [3.05, 3.63) is 47.8 Å². The van der Waals surface area contributed by atoms with Gasteiger partial charge in [-0.1, -0.05) is 0 Å². The van der Waals surface area contributed by atoms with Crippen LogP contribution in [0, 0.1) is 17.1 Å². The Morgan fingerprint density at radius 3 is 2.63 bits per heavy atom. The number of benzene rings is 2. The van der Waals surface area contributed by atoms with Crippen molar-refractivity contribution in [2.24, 2.45) is 0 Å². The molecule has 0 atom stereocenters. The quantitative estimate of drug-likeness (QED) is 0.829. The molecule has 0 aliphatic carbocycles. The van der Waals surface area contributed by atoms with E-state index < -0.39 is 5.82 Å². The standard InChI is InChI=1S/C14H12FN3O/c1-19-10-3-4-11(15)14(7-10)18-13-5-2-9(8-16)6-12(13)17/h2-7,18H,17H2,1H3. The SMILES string of the molecule is COc1ccc(F)c(Nc2ccc(C#N)cc2N)c1. The summed E-state index contributed by atoms with van der Waals surface area (Å²) < 4.78 is 18.7. The summed E-state index contributed by atoms with van der Waals surface area (Å²) in [6.07, 6.45) is 0. The predicted octanol–water partition coefficient (Wildman–Crippen LogP) is 3.03. The van der Waals surface area contributed by atoms with Crippen molar-refractivity contribution < 1.29 is 9.13 Å². The van der Waals surface area contributed by atoms with Gasteiger partial charge in [0.25, 0.3) is 0 Å². The smallest absolute Gasteiger partial charge is 0.146 e. The molecule has 0 saturated heterocycles. The fourth-order valence-electron chi connectivity index (χ4n) is 1.62. The Balaban J connectivity index is 2.33. The molecule has 0 aliphatic rings. The highest BCUT2D eigenvalue weighted by Gasteiger charge is 2.07. The second-order valence-electron chi connectivity index (χ2n) is 3.88. The molecular weight excluding hydrogens is 245 g/mol. The summed E-state index contributed by atoms with van der Waals surface area (Å²) in [6.45, 7) is 0. The summed E-state index contributed by atoms with van der Waals surface area (Å²) in [7, 11) is 1.51. The fourth-order valence-corrected chi connectivity index (χ4v) is 1.62. The molecule has 4 nitrogen and oxygen atoms in total. The van der Waals surface area contributed by atoms with Crippen molar-refractivity contribution >= 4 is 17.1 Å². The molecule has 19 heavy (non-hydrogen) atoms. The minimum atomic E-state index is -0.412. The molecule has 0 heterocycles. The van der Waals surface area contributed by atoms with E-state index in [0.29, 0.717) is 22.7 Å². The van der Waals surface area contributed by atoms with Gasteiger partial charge >= 0.3 is 0 Å². The maximum Gasteiger partial charge on any atom is 0.146 e. The zero-order valence-electron chi connectivity index (χ0n) is 10.3. The van der Waals surface area contributed by atoms with Crippen LogP contribution in [0.3, 0.4) is 0 Å². The fraction of sp³-hybridized carbons (Fsp3) is 0.0714. The maximum absolute atomic E-state index is 13.7. The van der Waals surface area contributed by atoms with E-state index in [4.69, 9.17) is 15.7 Å². The topological polar surface area (TPSA) is 71.1 Å². The van der Waals surface area contributed by atoms with Gasteiger partial charge in [0.2, 0.25) is 0 Å². The van der Waals surface area contributed by atoms with Gasteiger partial charge in [0.05, 0.1) is 35.8 Å². The molecule has 0 fully saturated rings. The Morgan fingerprint density at radius 2 is 2.00 bits per heavy atom. The number of rotatable bonds is 3. The molecule has 2 rings (SSSR count). The lowest BCUT2D eigenvalue weighted by molar-refractivity contribution is 0.414. The van der Waals surface area contributed by atoms with Gasteiger partial charge in [0.15, 0.2) is 0 Å². The van der Waals surface area contributed by atoms with E-state index in [-0.39, 0.29) is 5.69 Å². The first-order chi connectivity index (χ1) is 9.13. The van der Waals surface area contributed by atoms with Gasteiger partial charge in [0.1, 0.15) is 11.6 Å². The van der Waals surface area contributed by atoms with Gasteiger partial charge in [-0.15, -0.1) is 0 Å². The zero-order valence-corrected chi connectivity index (χ0v) is 10.3. The van der Waals surface area contributed by atoms with E-state index in [9.17, 15) is 4.39 Å². The summed E-state index contributed by atoms with van der Waals surface area (Å²) in [4.78, 5) is 0. The largest absolute Gasteiger partial charge is 0.497 e. The van der Waals surface area contributed by atoms with Crippen LogP contribution in [0.4, 0.5) is 21.5 Å². The van der Waals surface area contributed by atoms with Crippen LogP contribution in [-0.4, -0.2) is 7.11 Å². The molecule has 0 aliphatic heterocycles. The number of ether oxygens (including phenoxy) is 1. The molecule has 0 amide bonds. The average molecular weight is 257 g/mol. The van der Waals surface area contributed by atoms with Crippen LogP contribution in [0.5, 0.6) is 5.75 Å². The highest BCUT2D eigenvalue weighted by Crippen LogP contribution is 2.28. The monoisotopic (exact) mass is 257 g/mol. The lowest BCUT2D eigenvalue weighted by Crippen LogP contribution is -1.99. The van der Waals surface area contributed by atoms with Gasteiger partial charge in [0, 0.05) is 6.07 Å². The molecule has 5 heteroatoms. The van der Waals surface area contributed by atoms with E-state index in [1.54, 1.807) is 12.1 Å². The molecule has 96 valence electrons. The van der Waals surface area contributed by atoms with Crippen LogP contribution in [-0.2, 0) is 0 Å². The number of halogens is 1. The summed E-state index contributed by atoms with van der Waals surface area (Å²) in [5.41, 5.74) is 7.42. The van der Waals surface area contributed by atoms with E-state index >= 15 is 0 Å². The normalized spacial score (nSPS) is 9.74. The average Bonchev–Trinajstić information content (AvgIpc) is 2.43. The Bertz CT molecular complexity index is 650. The van der Waals surface area contributed by atoms with Crippen molar-refractivity contribution in [1.82, 2.24) is 0 Å². The maximum atomic E-state index is 13.7. The summed E-state index contributed by atoms with van der Waals surface area (Å²) in [5.74, 6) is 0.126. The molecular formula is C14H12FN3O. The molecule has 3 N–H and O–H groups in total. The number of nitrogens with zero attached hydrogens (tertiary/aromatic N) is 1. The van der Waals surface area contributed by atoms with Crippen LogP contribution < -0.4 is 15.8 Å². The Kier molecular flexibility index (Phi) is 3.53. The van der Waals surface area contributed by atoms with Gasteiger partial charge in [-0.25, -0.2) is 4.39 Å². The minimum absolute atomic E-state index is 0.260. The number of nitrogens with two attached hydrogens (primary N) is 1. The third kappa shape index (κ3) is 2.75. The number of nitriles is 1. The summed E-state index contributed by atoms with van der Waals surface area (Å²) in [5, 5.41) is 11.6. The third-order valence-electron chi connectivity index (χ3n) is 2.62. The summed E-state index contributed by atoms with van der Waals surface area (Å²) >= 11 is 0. The Hall–Kier alpha value is -2.74. The lowest BCUT2D eigenvalue weighted by Gasteiger charge is -2.11. The van der Waals surface area contributed by atoms with Crippen LogP contribution in [0.15, 0.2) is 36.4 Å². The molecule has 0 saturated carbocycles. The van der Waals surface area contributed by atoms with Crippen molar-refractivity contribution in [3.8, 4) is 11.8 Å². The molecule has 0 unspecified atom stereocenters. The highest BCUT2D eigenvalue weighted by atomic mass is 19.1.